The van der Waals surface area contributed by atoms with E-state index >= 15 is 0 Å². The standard InChI is InChI=1S/C18H13ClN4O6S/c19-12-3-4-14(16-15(12)17(24)23(26)18(25)21-16)30(27,28)11-2-1-9-6-20-22(13(9)5-11)10-7-29-8-10/h1-6,10,26H,7-8H2,(H,21,25). The number of hydrogen-bond donors (Lipinski definition) is 2. The van der Waals surface area contributed by atoms with Gasteiger partial charge in [-0.25, -0.2) is 13.2 Å². The molecule has 12 heteroatoms. The summed E-state index contributed by atoms with van der Waals surface area (Å²) in [6.07, 6.45) is 1.64. The lowest BCUT2D eigenvalue weighted by Crippen LogP contribution is -2.33. The second-order valence-electron chi connectivity index (χ2n) is 6.85. The number of nitrogens with one attached hydrogen (secondary N) is 1. The molecule has 0 spiro atoms. The third-order valence-electron chi connectivity index (χ3n) is 5.08. The lowest BCUT2D eigenvalue weighted by molar-refractivity contribution is -0.0266. The summed E-state index contributed by atoms with van der Waals surface area (Å²) in [5.74, 6) is 0. The van der Waals surface area contributed by atoms with Gasteiger partial charge in [0.05, 0.1) is 56.7 Å². The lowest BCUT2D eigenvalue weighted by Gasteiger charge is -2.26. The Morgan fingerprint density at radius 1 is 1.20 bits per heavy atom. The number of rotatable bonds is 3. The maximum atomic E-state index is 13.4. The Hall–Kier alpha value is -3.15. The van der Waals surface area contributed by atoms with E-state index in [0.717, 1.165) is 5.39 Å². The van der Waals surface area contributed by atoms with Crippen LogP contribution in [0.25, 0.3) is 21.8 Å². The molecule has 1 aliphatic heterocycles. The Balaban J connectivity index is 1.77. The van der Waals surface area contributed by atoms with Crippen LogP contribution in [0.5, 0.6) is 0 Å². The Kier molecular flexibility index (Phi) is 4.04. The molecule has 0 amide bonds. The zero-order chi connectivity index (χ0) is 21.2. The average molecular weight is 449 g/mol. The highest BCUT2D eigenvalue weighted by Gasteiger charge is 2.27. The number of aromatic amines is 1. The predicted molar refractivity (Wildman–Crippen MR) is 106 cm³/mol. The van der Waals surface area contributed by atoms with Crippen LogP contribution >= 0.6 is 11.6 Å². The molecule has 0 radical (unpaired) electrons. The van der Waals surface area contributed by atoms with Crippen molar-refractivity contribution >= 4 is 43.2 Å². The van der Waals surface area contributed by atoms with E-state index in [1.165, 1.54) is 24.3 Å². The summed E-state index contributed by atoms with van der Waals surface area (Å²) in [7, 11) is -4.16. The van der Waals surface area contributed by atoms with Crippen molar-refractivity contribution in [3.63, 3.8) is 0 Å². The molecule has 0 saturated carbocycles. The van der Waals surface area contributed by atoms with Crippen LogP contribution in [0.1, 0.15) is 6.04 Å². The fourth-order valence-corrected chi connectivity index (χ4v) is 5.12. The van der Waals surface area contributed by atoms with Crippen LogP contribution in [0.15, 0.2) is 55.9 Å². The van der Waals surface area contributed by atoms with Crippen molar-refractivity contribution in [2.75, 3.05) is 13.2 Å². The number of benzene rings is 2. The molecule has 0 atom stereocenters. The number of aromatic nitrogens is 4. The number of ether oxygens (including phenoxy) is 1. The molecular formula is C18H13ClN4O6S. The largest absolute Gasteiger partial charge is 0.421 e. The fourth-order valence-electron chi connectivity index (χ4n) is 3.44. The predicted octanol–water partition coefficient (Wildman–Crippen LogP) is 1.33. The molecule has 4 aromatic rings. The molecule has 2 aromatic carbocycles. The molecule has 0 bridgehead atoms. The Morgan fingerprint density at radius 3 is 2.67 bits per heavy atom. The van der Waals surface area contributed by atoms with Gasteiger partial charge in [0.15, 0.2) is 0 Å². The quantitative estimate of drug-likeness (QED) is 0.451. The van der Waals surface area contributed by atoms with Crippen molar-refractivity contribution in [2.45, 2.75) is 15.8 Å². The van der Waals surface area contributed by atoms with Crippen molar-refractivity contribution < 1.29 is 18.4 Å². The van der Waals surface area contributed by atoms with Crippen molar-refractivity contribution in [2.24, 2.45) is 0 Å². The van der Waals surface area contributed by atoms with Crippen LogP contribution in [-0.4, -0.2) is 46.3 Å². The molecule has 1 fully saturated rings. The first kappa shape index (κ1) is 18.9. The highest BCUT2D eigenvalue weighted by Crippen LogP contribution is 2.31. The lowest BCUT2D eigenvalue weighted by atomic mass is 10.2. The summed E-state index contributed by atoms with van der Waals surface area (Å²) in [6, 6.07) is 7.00. The molecule has 1 aliphatic rings. The second-order valence-corrected chi connectivity index (χ2v) is 9.17. The van der Waals surface area contributed by atoms with Crippen LogP contribution in [-0.2, 0) is 14.6 Å². The molecule has 2 N–H and O–H groups in total. The molecule has 3 heterocycles. The van der Waals surface area contributed by atoms with Gasteiger partial charge in [0.2, 0.25) is 9.84 Å². The first-order chi connectivity index (χ1) is 14.3. The first-order valence-corrected chi connectivity index (χ1v) is 10.6. The molecule has 154 valence electrons. The van der Waals surface area contributed by atoms with Crippen LogP contribution in [0.4, 0.5) is 0 Å². The van der Waals surface area contributed by atoms with Crippen molar-refractivity contribution in [3.05, 3.63) is 62.4 Å². The third-order valence-corrected chi connectivity index (χ3v) is 7.19. The number of fused-ring (bicyclic) bond motifs is 2. The number of H-pyrrole nitrogens is 1. The van der Waals surface area contributed by atoms with E-state index in [0.29, 0.717) is 18.7 Å². The molecule has 1 saturated heterocycles. The van der Waals surface area contributed by atoms with E-state index < -0.39 is 21.1 Å². The summed E-state index contributed by atoms with van der Waals surface area (Å²) in [5.41, 5.74) is -1.95. The average Bonchev–Trinajstić information content (AvgIpc) is 3.07. The Bertz CT molecular complexity index is 1570. The molecular weight excluding hydrogens is 436 g/mol. The van der Waals surface area contributed by atoms with Gasteiger partial charge in [-0.3, -0.25) is 9.48 Å². The molecule has 0 aliphatic carbocycles. The summed E-state index contributed by atoms with van der Waals surface area (Å²) < 4.78 is 33.6. The minimum absolute atomic E-state index is 0.0243. The Morgan fingerprint density at radius 2 is 1.97 bits per heavy atom. The molecule has 5 rings (SSSR count). The van der Waals surface area contributed by atoms with Crippen molar-refractivity contribution in [1.29, 1.82) is 0 Å². The third kappa shape index (κ3) is 2.59. The first-order valence-electron chi connectivity index (χ1n) is 8.76. The van der Waals surface area contributed by atoms with E-state index in [-0.39, 0.29) is 36.5 Å². The monoisotopic (exact) mass is 448 g/mol. The number of hydrogen-bond acceptors (Lipinski definition) is 7. The van der Waals surface area contributed by atoms with Crippen LogP contribution in [0.2, 0.25) is 5.02 Å². The van der Waals surface area contributed by atoms with Gasteiger partial charge in [-0.05, 0) is 30.3 Å². The highest BCUT2D eigenvalue weighted by molar-refractivity contribution is 7.91. The van der Waals surface area contributed by atoms with Gasteiger partial charge in [0, 0.05) is 5.39 Å². The zero-order valence-corrected chi connectivity index (χ0v) is 16.6. The number of sulfone groups is 1. The van der Waals surface area contributed by atoms with Gasteiger partial charge >= 0.3 is 5.69 Å². The maximum Gasteiger partial charge on any atom is 0.362 e. The number of nitrogens with zero attached hydrogens (tertiary/aromatic N) is 3. The summed E-state index contributed by atoms with van der Waals surface area (Å²) >= 11 is 6.03. The van der Waals surface area contributed by atoms with Gasteiger partial charge in [-0.2, -0.15) is 5.10 Å². The molecule has 10 nitrogen and oxygen atoms in total. The minimum atomic E-state index is -4.16. The maximum absolute atomic E-state index is 13.4. The minimum Gasteiger partial charge on any atom is -0.421 e. The van der Waals surface area contributed by atoms with Gasteiger partial charge in [-0.15, -0.1) is 0 Å². The molecule has 0 unspecified atom stereocenters. The summed E-state index contributed by atoms with van der Waals surface area (Å²) in [4.78, 5) is 26.0. The van der Waals surface area contributed by atoms with Gasteiger partial charge in [0.25, 0.3) is 5.56 Å². The van der Waals surface area contributed by atoms with Gasteiger partial charge < -0.3 is 14.9 Å². The topological polar surface area (TPSA) is 136 Å². The van der Waals surface area contributed by atoms with Gasteiger partial charge in [-0.1, -0.05) is 16.3 Å². The number of halogens is 1. The summed E-state index contributed by atoms with van der Waals surface area (Å²) in [6.45, 7) is 0.981. The normalized spacial score (nSPS) is 15.0. The van der Waals surface area contributed by atoms with Crippen LogP contribution < -0.4 is 11.2 Å². The van der Waals surface area contributed by atoms with E-state index in [1.807, 2.05) is 0 Å². The summed E-state index contributed by atoms with van der Waals surface area (Å²) in [5, 5.41) is 14.2. The SMILES string of the molecule is O=c1[nH]c2c(S(=O)(=O)c3ccc4cnn(C5COC5)c4c3)ccc(Cl)c2c(=O)n1O. The van der Waals surface area contributed by atoms with Gasteiger partial charge in [0.1, 0.15) is 0 Å². The van der Waals surface area contributed by atoms with E-state index in [9.17, 15) is 23.2 Å². The van der Waals surface area contributed by atoms with Crippen LogP contribution in [0.3, 0.4) is 0 Å². The smallest absolute Gasteiger partial charge is 0.362 e. The fraction of sp³-hybridized carbons (Fsp3) is 0.167. The van der Waals surface area contributed by atoms with Crippen molar-refractivity contribution in [3.8, 4) is 0 Å². The van der Waals surface area contributed by atoms with E-state index in [4.69, 9.17) is 16.3 Å². The highest BCUT2D eigenvalue weighted by atomic mass is 35.5. The van der Waals surface area contributed by atoms with E-state index in [1.54, 1.807) is 16.9 Å². The zero-order valence-electron chi connectivity index (χ0n) is 15.1. The molecule has 2 aromatic heterocycles. The van der Waals surface area contributed by atoms with Crippen LogP contribution in [0, 0.1) is 0 Å². The van der Waals surface area contributed by atoms with Crippen molar-refractivity contribution in [1.82, 2.24) is 19.5 Å². The van der Waals surface area contributed by atoms with E-state index in [2.05, 4.69) is 10.1 Å². The Labute approximate surface area is 172 Å². The molecule has 30 heavy (non-hydrogen) atoms. The second kappa shape index (κ2) is 6.42.